The molecule has 1 amide bonds. The fourth-order valence-electron chi connectivity index (χ4n) is 2.11. The highest BCUT2D eigenvalue weighted by Gasteiger charge is 2.07. The molecule has 100 valence electrons. The van der Waals surface area contributed by atoms with Crippen LogP contribution in [0.3, 0.4) is 0 Å². The number of rotatable bonds is 3. The van der Waals surface area contributed by atoms with E-state index in [2.05, 4.69) is 10.3 Å². The van der Waals surface area contributed by atoms with Crippen LogP contribution in [0.1, 0.15) is 11.5 Å². The molecule has 1 heterocycles. The number of para-hydroxylation sites is 1. The Morgan fingerprint density at radius 3 is 2.80 bits per heavy atom. The number of nitrogens with zero attached hydrogens (tertiary/aromatic N) is 1. The molecule has 4 nitrogen and oxygen atoms in total. The minimum Gasteiger partial charge on any atom is -0.441 e. The Bertz CT molecular complexity index is 748. The Balaban J connectivity index is 1.74. The van der Waals surface area contributed by atoms with Crippen LogP contribution >= 0.6 is 0 Å². The number of anilines is 1. The van der Waals surface area contributed by atoms with Gasteiger partial charge in [-0.25, -0.2) is 4.98 Å². The first-order valence-electron chi connectivity index (χ1n) is 6.42. The largest absolute Gasteiger partial charge is 0.441 e. The number of nitrogens with one attached hydrogen (secondary N) is 1. The van der Waals surface area contributed by atoms with Crippen molar-refractivity contribution < 1.29 is 9.21 Å². The zero-order valence-corrected chi connectivity index (χ0v) is 11.1. The van der Waals surface area contributed by atoms with Gasteiger partial charge in [0.1, 0.15) is 5.52 Å². The third-order valence-electron chi connectivity index (χ3n) is 2.98. The van der Waals surface area contributed by atoms with Crippen LogP contribution in [0.2, 0.25) is 0 Å². The number of carbonyl (C=O) groups is 1. The van der Waals surface area contributed by atoms with Crippen LogP contribution < -0.4 is 5.32 Å². The SMILES string of the molecule is Cc1nc2ccc(CC(=O)Nc3ccccc3)cc2o1. The molecule has 20 heavy (non-hydrogen) atoms. The molecule has 0 bridgehead atoms. The molecule has 2 aromatic carbocycles. The average molecular weight is 266 g/mol. The molecule has 3 rings (SSSR count). The van der Waals surface area contributed by atoms with Gasteiger partial charge in [-0.1, -0.05) is 24.3 Å². The molecule has 0 fully saturated rings. The van der Waals surface area contributed by atoms with Gasteiger partial charge in [-0.15, -0.1) is 0 Å². The van der Waals surface area contributed by atoms with E-state index in [9.17, 15) is 4.79 Å². The van der Waals surface area contributed by atoms with Crippen molar-refractivity contribution in [3.63, 3.8) is 0 Å². The first kappa shape index (κ1) is 12.4. The quantitative estimate of drug-likeness (QED) is 0.791. The van der Waals surface area contributed by atoms with E-state index in [0.29, 0.717) is 17.9 Å². The van der Waals surface area contributed by atoms with Crippen molar-refractivity contribution in [2.45, 2.75) is 13.3 Å². The van der Waals surface area contributed by atoms with Crippen molar-refractivity contribution in [1.82, 2.24) is 4.98 Å². The van der Waals surface area contributed by atoms with E-state index in [1.165, 1.54) is 0 Å². The van der Waals surface area contributed by atoms with E-state index in [-0.39, 0.29) is 5.91 Å². The van der Waals surface area contributed by atoms with Gasteiger partial charge in [-0.2, -0.15) is 0 Å². The number of hydrogen-bond donors (Lipinski definition) is 1. The lowest BCUT2D eigenvalue weighted by atomic mass is 10.1. The topological polar surface area (TPSA) is 55.1 Å². The first-order valence-corrected chi connectivity index (χ1v) is 6.42. The summed E-state index contributed by atoms with van der Waals surface area (Å²) >= 11 is 0. The van der Waals surface area contributed by atoms with Crippen LogP contribution in [0.25, 0.3) is 11.1 Å². The highest BCUT2D eigenvalue weighted by molar-refractivity contribution is 5.92. The highest BCUT2D eigenvalue weighted by Crippen LogP contribution is 2.17. The molecular formula is C16H14N2O2. The first-order chi connectivity index (χ1) is 9.70. The zero-order chi connectivity index (χ0) is 13.9. The van der Waals surface area contributed by atoms with Gasteiger partial charge >= 0.3 is 0 Å². The minimum absolute atomic E-state index is 0.0493. The van der Waals surface area contributed by atoms with Crippen molar-refractivity contribution >= 4 is 22.7 Å². The third-order valence-corrected chi connectivity index (χ3v) is 2.98. The molecule has 0 saturated heterocycles. The number of carbonyl (C=O) groups excluding carboxylic acids is 1. The fourth-order valence-corrected chi connectivity index (χ4v) is 2.11. The van der Waals surface area contributed by atoms with Crippen LogP contribution in [0.4, 0.5) is 5.69 Å². The van der Waals surface area contributed by atoms with E-state index in [1.54, 1.807) is 0 Å². The van der Waals surface area contributed by atoms with Crippen LogP contribution in [0, 0.1) is 6.92 Å². The second kappa shape index (κ2) is 5.17. The van der Waals surface area contributed by atoms with Crippen molar-refractivity contribution in [3.05, 3.63) is 60.0 Å². The summed E-state index contributed by atoms with van der Waals surface area (Å²) in [5.41, 5.74) is 3.23. The molecule has 1 aromatic heterocycles. The van der Waals surface area contributed by atoms with Gasteiger partial charge in [0.2, 0.25) is 5.91 Å². The van der Waals surface area contributed by atoms with Crippen molar-refractivity contribution in [2.75, 3.05) is 5.32 Å². The van der Waals surface area contributed by atoms with Crippen molar-refractivity contribution in [2.24, 2.45) is 0 Å². The van der Waals surface area contributed by atoms with E-state index < -0.39 is 0 Å². The molecule has 0 spiro atoms. The van der Waals surface area contributed by atoms with Gasteiger partial charge in [0.15, 0.2) is 11.5 Å². The third kappa shape index (κ3) is 2.69. The second-order valence-electron chi connectivity index (χ2n) is 4.63. The average Bonchev–Trinajstić information content (AvgIpc) is 2.79. The van der Waals surface area contributed by atoms with Gasteiger partial charge in [0, 0.05) is 12.6 Å². The predicted molar refractivity (Wildman–Crippen MR) is 77.5 cm³/mol. The lowest BCUT2D eigenvalue weighted by Gasteiger charge is -2.04. The van der Waals surface area contributed by atoms with E-state index in [0.717, 1.165) is 16.8 Å². The lowest BCUT2D eigenvalue weighted by molar-refractivity contribution is -0.115. The molecule has 0 saturated carbocycles. The maximum atomic E-state index is 12.0. The molecule has 0 radical (unpaired) electrons. The summed E-state index contributed by atoms with van der Waals surface area (Å²) in [7, 11) is 0. The summed E-state index contributed by atoms with van der Waals surface area (Å²) in [6.45, 7) is 1.81. The number of aryl methyl sites for hydroxylation is 1. The van der Waals surface area contributed by atoms with Crippen LogP contribution in [0.5, 0.6) is 0 Å². The molecule has 1 N–H and O–H groups in total. The molecular weight excluding hydrogens is 252 g/mol. The molecule has 0 aliphatic heterocycles. The Morgan fingerprint density at radius 1 is 1.20 bits per heavy atom. The number of hydrogen-bond acceptors (Lipinski definition) is 3. The number of aromatic nitrogens is 1. The summed E-state index contributed by atoms with van der Waals surface area (Å²) in [6.07, 6.45) is 0.310. The monoisotopic (exact) mass is 266 g/mol. The molecule has 0 aliphatic carbocycles. The minimum atomic E-state index is -0.0493. The molecule has 0 aliphatic rings. The maximum Gasteiger partial charge on any atom is 0.228 e. The van der Waals surface area contributed by atoms with E-state index in [1.807, 2.05) is 55.5 Å². The van der Waals surface area contributed by atoms with Gasteiger partial charge in [0.05, 0.1) is 6.42 Å². The highest BCUT2D eigenvalue weighted by atomic mass is 16.3. The lowest BCUT2D eigenvalue weighted by Crippen LogP contribution is -2.14. The predicted octanol–water partition coefficient (Wildman–Crippen LogP) is 3.32. The van der Waals surface area contributed by atoms with Crippen molar-refractivity contribution in [3.8, 4) is 0 Å². The summed E-state index contributed by atoms with van der Waals surface area (Å²) in [5.74, 6) is 0.581. The summed E-state index contributed by atoms with van der Waals surface area (Å²) in [6, 6.07) is 15.0. The Kier molecular flexibility index (Phi) is 3.21. The maximum absolute atomic E-state index is 12.0. The molecule has 4 heteroatoms. The molecule has 0 atom stereocenters. The molecule has 0 unspecified atom stereocenters. The summed E-state index contributed by atoms with van der Waals surface area (Å²) < 4.78 is 5.47. The fraction of sp³-hybridized carbons (Fsp3) is 0.125. The Hall–Kier alpha value is -2.62. The number of fused-ring (bicyclic) bond motifs is 1. The normalized spacial score (nSPS) is 10.7. The Morgan fingerprint density at radius 2 is 2.00 bits per heavy atom. The summed E-state index contributed by atoms with van der Waals surface area (Å²) in [4.78, 5) is 16.2. The zero-order valence-electron chi connectivity index (χ0n) is 11.1. The second-order valence-corrected chi connectivity index (χ2v) is 4.63. The van der Waals surface area contributed by atoms with Gasteiger partial charge in [-0.3, -0.25) is 4.79 Å². The number of amides is 1. The van der Waals surface area contributed by atoms with Crippen LogP contribution in [-0.4, -0.2) is 10.9 Å². The number of oxazole rings is 1. The molecule has 3 aromatic rings. The van der Waals surface area contributed by atoms with Gasteiger partial charge < -0.3 is 9.73 Å². The van der Waals surface area contributed by atoms with Gasteiger partial charge in [-0.05, 0) is 29.8 Å². The van der Waals surface area contributed by atoms with Crippen LogP contribution in [0.15, 0.2) is 52.9 Å². The number of benzene rings is 2. The van der Waals surface area contributed by atoms with Crippen molar-refractivity contribution in [1.29, 1.82) is 0 Å². The standard InChI is InChI=1S/C16H14N2O2/c1-11-17-14-8-7-12(9-15(14)20-11)10-16(19)18-13-5-3-2-4-6-13/h2-9H,10H2,1H3,(H,18,19). The van der Waals surface area contributed by atoms with Crippen LogP contribution in [-0.2, 0) is 11.2 Å². The van der Waals surface area contributed by atoms with Gasteiger partial charge in [0.25, 0.3) is 0 Å². The van der Waals surface area contributed by atoms with E-state index in [4.69, 9.17) is 4.42 Å². The Labute approximate surface area is 116 Å². The smallest absolute Gasteiger partial charge is 0.228 e. The van der Waals surface area contributed by atoms with E-state index >= 15 is 0 Å². The summed E-state index contributed by atoms with van der Waals surface area (Å²) in [5, 5.41) is 2.86.